The van der Waals surface area contributed by atoms with Crippen molar-refractivity contribution in [3.63, 3.8) is 0 Å². The molecule has 0 aromatic heterocycles. The third kappa shape index (κ3) is 8.86. The number of allylic oxidation sites excluding steroid dienone is 5. The van der Waals surface area contributed by atoms with E-state index in [1.165, 1.54) is 89.2 Å². The van der Waals surface area contributed by atoms with Crippen LogP contribution in [0.2, 0.25) is 0 Å². The summed E-state index contributed by atoms with van der Waals surface area (Å²) in [6.45, 7) is 0. The number of phenols is 4. The van der Waals surface area contributed by atoms with Crippen molar-refractivity contribution < 1.29 is 58.8 Å². The number of carbonyl (C=O) groups is 2. The molecule has 4 aromatic rings. The lowest BCUT2D eigenvalue weighted by Gasteiger charge is -2.18. The quantitative estimate of drug-likeness (QED) is 0.0530. The van der Waals surface area contributed by atoms with Crippen LogP contribution in [0.4, 0.5) is 0 Å². The molecule has 1 aliphatic heterocycles. The van der Waals surface area contributed by atoms with Gasteiger partial charge in [0, 0.05) is 17.7 Å². The first-order chi connectivity index (χ1) is 25.9. The molecule has 4 aromatic carbocycles. The Kier molecular flexibility index (Phi) is 12.0. The first kappa shape index (κ1) is 38.2. The predicted molar refractivity (Wildman–Crippen MR) is 201 cm³/mol. The van der Waals surface area contributed by atoms with Crippen LogP contribution < -0.4 is 18.9 Å². The van der Waals surface area contributed by atoms with Gasteiger partial charge in [-0.2, -0.15) is 0 Å². The molecule has 0 spiro atoms. The highest BCUT2D eigenvalue weighted by atomic mass is 16.5. The van der Waals surface area contributed by atoms with Crippen LogP contribution in [-0.4, -0.2) is 65.5 Å². The Morgan fingerprint density at radius 1 is 0.630 bits per heavy atom. The summed E-state index contributed by atoms with van der Waals surface area (Å²) >= 11 is 0. The second-order valence-corrected chi connectivity index (χ2v) is 11.9. The van der Waals surface area contributed by atoms with Crippen LogP contribution in [-0.2, 0) is 14.3 Å². The lowest BCUT2D eigenvalue weighted by molar-refractivity contribution is -0.119. The number of methoxy groups -OCH3 is 4. The molecule has 5 rings (SSSR count). The van der Waals surface area contributed by atoms with Crippen molar-refractivity contribution in [2.75, 3.05) is 28.4 Å². The second kappa shape index (κ2) is 17.0. The molecular formula is C42H38O12. The SMILES string of the molecule is COc1cc(/C=C/C(=O)/C=C2\OC(c3ccc(O)c(OC)c3)C(C(=O)/C=C(O)/C=C/c3ccc(O)c(OC)c3)\C2=C/c2ccc(O)c(OC)c2)ccc1O. The Labute approximate surface area is 311 Å². The summed E-state index contributed by atoms with van der Waals surface area (Å²) in [6.07, 6.45) is 8.41. The van der Waals surface area contributed by atoms with Gasteiger partial charge in [-0.1, -0.05) is 36.4 Å². The normalized spacial score (nSPS) is 17.2. The largest absolute Gasteiger partial charge is 0.508 e. The fraction of sp³-hybridized carbons (Fsp3) is 0.143. The molecule has 0 aliphatic carbocycles. The maximum absolute atomic E-state index is 14.3. The fourth-order valence-electron chi connectivity index (χ4n) is 5.68. The van der Waals surface area contributed by atoms with Gasteiger partial charge in [-0.25, -0.2) is 0 Å². The number of ether oxygens (including phenoxy) is 5. The molecular weight excluding hydrogens is 696 g/mol. The molecule has 2 unspecified atom stereocenters. The minimum atomic E-state index is -1.16. The Hall–Kier alpha value is -7.08. The van der Waals surface area contributed by atoms with Crippen molar-refractivity contribution in [3.8, 4) is 46.0 Å². The molecule has 0 radical (unpaired) electrons. The molecule has 12 nitrogen and oxygen atoms in total. The van der Waals surface area contributed by atoms with Gasteiger partial charge in [0.15, 0.2) is 57.6 Å². The molecule has 2 atom stereocenters. The number of aromatic hydroxyl groups is 4. The smallest absolute Gasteiger partial charge is 0.182 e. The molecule has 12 heteroatoms. The zero-order valence-electron chi connectivity index (χ0n) is 29.7. The fourth-order valence-corrected chi connectivity index (χ4v) is 5.68. The van der Waals surface area contributed by atoms with Crippen LogP contribution in [0.25, 0.3) is 18.2 Å². The van der Waals surface area contributed by atoms with Gasteiger partial charge in [0.25, 0.3) is 0 Å². The van der Waals surface area contributed by atoms with Crippen molar-refractivity contribution in [3.05, 3.63) is 136 Å². The van der Waals surface area contributed by atoms with E-state index < -0.39 is 29.3 Å². The van der Waals surface area contributed by atoms with Gasteiger partial charge < -0.3 is 49.2 Å². The van der Waals surface area contributed by atoms with E-state index in [1.807, 2.05) is 0 Å². The summed E-state index contributed by atoms with van der Waals surface area (Å²) in [5.41, 5.74) is 2.30. The number of ketones is 2. The average molecular weight is 735 g/mol. The summed E-state index contributed by atoms with van der Waals surface area (Å²) in [5, 5.41) is 51.4. The maximum atomic E-state index is 14.3. The summed E-state index contributed by atoms with van der Waals surface area (Å²) in [7, 11) is 5.57. The summed E-state index contributed by atoms with van der Waals surface area (Å²) in [6, 6.07) is 18.1. The number of benzene rings is 4. The topological polar surface area (TPSA) is 181 Å². The van der Waals surface area contributed by atoms with Gasteiger partial charge in [0.2, 0.25) is 0 Å². The highest BCUT2D eigenvalue weighted by Gasteiger charge is 2.43. The van der Waals surface area contributed by atoms with Gasteiger partial charge in [-0.15, -0.1) is 0 Å². The minimum Gasteiger partial charge on any atom is -0.508 e. The standard InChI is InChI=1S/C42H38O12/c1-50-37-18-24(7-13-31(37)45)5-11-28(43)22-35(49)41-30(17-26-9-15-33(47)39(20-26)52-3)36(54-42(41)27-10-16-34(48)40(21-27)53-4)23-29(44)12-6-25-8-14-32(46)38(19-25)51-2/h5-23,41-43,45-48H,1-4H3/b11-5+,12-6+,28-22-,30-17-,36-23-. The van der Waals surface area contributed by atoms with E-state index in [1.54, 1.807) is 48.5 Å². The molecule has 0 amide bonds. The third-order valence-corrected chi connectivity index (χ3v) is 8.40. The summed E-state index contributed by atoms with van der Waals surface area (Å²) in [4.78, 5) is 27.7. The van der Waals surface area contributed by atoms with Crippen molar-refractivity contribution in [2.45, 2.75) is 6.10 Å². The Morgan fingerprint density at radius 2 is 1.09 bits per heavy atom. The third-order valence-electron chi connectivity index (χ3n) is 8.40. The van der Waals surface area contributed by atoms with E-state index in [0.29, 0.717) is 22.3 Å². The van der Waals surface area contributed by atoms with Crippen LogP contribution in [0.5, 0.6) is 46.0 Å². The van der Waals surface area contributed by atoms with E-state index in [9.17, 15) is 35.1 Å². The van der Waals surface area contributed by atoms with Crippen molar-refractivity contribution in [2.24, 2.45) is 5.92 Å². The van der Waals surface area contributed by atoms with E-state index in [0.717, 1.165) is 6.08 Å². The predicted octanol–water partition coefficient (Wildman–Crippen LogP) is 7.21. The van der Waals surface area contributed by atoms with Gasteiger partial charge in [0.05, 0.1) is 34.4 Å². The minimum absolute atomic E-state index is 0.0370. The van der Waals surface area contributed by atoms with Crippen molar-refractivity contribution in [1.29, 1.82) is 0 Å². The van der Waals surface area contributed by atoms with Gasteiger partial charge in [-0.3, -0.25) is 9.59 Å². The molecule has 54 heavy (non-hydrogen) atoms. The van der Waals surface area contributed by atoms with Crippen molar-refractivity contribution >= 4 is 29.8 Å². The van der Waals surface area contributed by atoms with Crippen LogP contribution in [0.1, 0.15) is 28.4 Å². The average Bonchev–Trinajstić information content (AvgIpc) is 3.51. The molecule has 1 aliphatic rings. The lowest BCUT2D eigenvalue weighted by Crippen LogP contribution is -2.18. The first-order valence-electron chi connectivity index (χ1n) is 16.4. The van der Waals surface area contributed by atoms with Crippen LogP contribution in [0.15, 0.2) is 114 Å². The zero-order chi connectivity index (χ0) is 38.9. The lowest BCUT2D eigenvalue weighted by atomic mass is 9.85. The first-order valence-corrected chi connectivity index (χ1v) is 16.4. The molecule has 1 saturated heterocycles. The maximum Gasteiger partial charge on any atom is 0.182 e. The number of aliphatic hydroxyl groups is 1. The van der Waals surface area contributed by atoms with Gasteiger partial charge in [0.1, 0.15) is 17.6 Å². The van der Waals surface area contributed by atoms with E-state index in [4.69, 9.17) is 23.7 Å². The molecule has 0 bridgehead atoms. The Balaban J connectivity index is 1.62. The van der Waals surface area contributed by atoms with Gasteiger partial charge >= 0.3 is 0 Å². The summed E-state index contributed by atoms with van der Waals surface area (Å²) < 4.78 is 27.3. The summed E-state index contributed by atoms with van der Waals surface area (Å²) in [5.74, 6) is -2.30. The highest BCUT2D eigenvalue weighted by Crippen LogP contribution is 2.47. The zero-order valence-corrected chi connectivity index (χ0v) is 29.7. The van der Waals surface area contributed by atoms with Crippen LogP contribution in [0.3, 0.4) is 0 Å². The second-order valence-electron chi connectivity index (χ2n) is 11.9. The Morgan fingerprint density at radius 3 is 1.63 bits per heavy atom. The van der Waals surface area contributed by atoms with E-state index >= 15 is 0 Å². The number of rotatable bonds is 13. The number of hydrogen-bond acceptors (Lipinski definition) is 12. The van der Waals surface area contributed by atoms with Crippen LogP contribution >= 0.6 is 0 Å². The van der Waals surface area contributed by atoms with E-state index in [2.05, 4.69) is 0 Å². The van der Waals surface area contributed by atoms with Crippen LogP contribution in [0, 0.1) is 5.92 Å². The molecule has 278 valence electrons. The molecule has 0 saturated carbocycles. The highest BCUT2D eigenvalue weighted by molar-refractivity contribution is 6.04. The Bertz CT molecular complexity index is 2210. The molecule has 1 heterocycles. The number of carbonyl (C=O) groups excluding carboxylic acids is 2. The van der Waals surface area contributed by atoms with E-state index in [-0.39, 0.29) is 57.3 Å². The van der Waals surface area contributed by atoms with Gasteiger partial charge in [-0.05, 0) is 89.0 Å². The number of phenolic OH excluding ortho intramolecular Hbond substituents is 4. The van der Waals surface area contributed by atoms with Crippen molar-refractivity contribution in [1.82, 2.24) is 0 Å². The number of aliphatic hydroxyl groups excluding tert-OH is 1. The molecule has 1 fully saturated rings. The number of hydrogen-bond donors (Lipinski definition) is 5. The monoisotopic (exact) mass is 734 g/mol. The molecule has 5 N–H and O–H groups in total.